The standard InChI is InChI=1S/C27H32FNO4.H2S/c1-3-22(20-7-5-4-6-8-20)27(32)33-17(2)19-11-9-18(10-12-19)15-29-16-21-13-24(28)25(30)14-23(21)26(29)31;/h4-8,13-14,17-19,22,30H,3,9-12,15-16H2,1-2H3;1H2. The van der Waals surface area contributed by atoms with Crippen molar-refractivity contribution in [3.8, 4) is 5.75 Å². The predicted octanol–water partition coefficient (Wildman–Crippen LogP) is 5.53. The van der Waals surface area contributed by atoms with Gasteiger partial charge in [0.1, 0.15) is 6.10 Å². The Morgan fingerprint density at radius 3 is 2.50 bits per heavy atom. The van der Waals surface area contributed by atoms with Crippen LogP contribution >= 0.6 is 13.5 Å². The van der Waals surface area contributed by atoms with Gasteiger partial charge in [-0.15, -0.1) is 0 Å². The van der Waals surface area contributed by atoms with Gasteiger partial charge in [0, 0.05) is 18.7 Å². The van der Waals surface area contributed by atoms with Gasteiger partial charge in [0.15, 0.2) is 11.6 Å². The number of benzene rings is 2. The minimum atomic E-state index is -0.690. The normalized spacial score (nSPS) is 21.4. The molecule has 7 heteroatoms. The zero-order valence-electron chi connectivity index (χ0n) is 19.8. The number of halogens is 1. The van der Waals surface area contributed by atoms with Crippen LogP contribution in [0.3, 0.4) is 0 Å². The number of phenolic OH excluding ortho intramolecular Hbond substituents is 1. The van der Waals surface area contributed by atoms with Crippen molar-refractivity contribution in [2.24, 2.45) is 11.8 Å². The first-order valence-electron chi connectivity index (χ1n) is 11.9. The lowest BCUT2D eigenvalue weighted by Gasteiger charge is -2.34. The van der Waals surface area contributed by atoms with Crippen molar-refractivity contribution < 1.29 is 23.8 Å². The van der Waals surface area contributed by atoms with E-state index in [1.807, 2.05) is 44.2 Å². The van der Waals surface area contributed by atoms with Crippen molar-refractivity contribution in [3.05, 3.63) is 65.0 Å². The molecular weight excluding hydrogens is 453 g/mol. The van der Waals surface area contributed by atoms with Crippen molar-refractivity contribution >= 4 is 25.4 Å². The number of hydrogen-bond acceptors (Lipinski definition) is 4. The SMILES string of the molecule is CCC(C(=O)OC(C)C1CCC(CN2Cc3cc(F)c(O)cc3C2=O)CC1)c1ccccc1.S. The Labute approximate surface area is 207 Å². The Morgan fingerprint density at radius 2 is 1.85 bits per heavy atom. The largest absolute Gasteiger partial charge is 0.505 e. The Morgan fingerprint density at radius 1 is 1.18 bits per heavy atom. The maximum absolute atomic E-state index is 13.6. The van der Waals surface area contributed by atoms with Gasteiger partial charge in [0.05, 0.1) is 5.92 Å². The molecule has 34 heavy (non-hydrogen) atoms. The molecule has 1 fully saturated rings. The molecule has 1 N–H and O–H groups in total. The number of ether oxygens (including phenoxy) is 1. The van der Waals surface area contributed by atoms with Crippen LogP contribution in [0.25, 0.3) is 0 Å². The van der Waals surface area contributed by atoms with Gasteiger partial charge < -0.3 is 14.7 Å². The molecule has 1 heterocycles. The highest BCUT2D eigenvalue weighted by molar-refractivity contribution is 7.59. The topological polar surface area (TPSA) is 66.8 Å². The number of phenols is 1. The number of carbonyl (C=O) groups excluding carboxylic acids is 2. The second-order valence-corrected chi connectivity index (χ2v) is 9.44. The third kappa shape index (κ3) is 5.57. The van der Waals surface area contributed by atoms with E-state index in [2.05, 4.69) is 0 Å². The molecule has 1 aliphatic carbocycles. The van der Waals surface area contributed by atoms with E-state index in [4.69, 9.17) is 4.74 Å². The van der Waals surface area contributed by atoms with Crippen LogP contribution < -0.4 is 0 Å². The van der Waals surface area contributed by atoms with Crippen LogP contribution in [0.1, 0.15) is 73.4 Å². The van der Waals surface area contributed by atoms with Crippen LogP contribution in [-0.4, -0.2) is 34.5 Å². The fraction of sp³-hybridized carbons (Fsp3) is 0.481. The Bertz CT molecular complexity index is 1010. The van der Waals surface area contributed by atoms with E-state index in [0.29, 0.717) is 42.5 Å². The summed E-state index contributed by atoms with van der Waals surface area (Å²) in [6, 6.07) is 12.3. The molecule has 0 saturated heterocycles. The molecular formula is C27H34FNO4S. The highest BCUT2D eigenvalue weighted by Crippen LogP contribution is 2.35. The number of hydrogen-bond donors (Lipinski definition) is 1. The maximum atomic E-state index is 13.6. The molecule has 1 aliphatic heterocycles. The van der Waals surface area contributed by atoms with E-state index < -0.39 is 11.6 Å². The van der Waals surface area contributed by atoms with Gasteiger partial charge in [-0.3, -0.25) is 9.59 Å². The van der Waals surface area contributed by atoms with Gasteiger partial charge >= 0.3 is 5.97 Å². The molecule has 4 rings (SSSR count). The lowest BCUT2D eigenvalue weighted by atomic mass is 9.79. The van der Waals surface area contributed by atoms with E-state index in [-0.39, 0.29) is 37.4 Å². The molecule has 2 aromatic rings. The third-order valence-corrected chi connectivity index (χ3v) is 7.28. The van der Waals surface area contributed by atoms with Gasteiger partial charge in [-0.25, -0.2) is 4.39 Å². The van der Waals surface area contributed by atoms with E-state index in [1.165, 1.54) is 12.1 Å². The molecule has 1 amide bonds. The minimum Gasteiger partial charge on any atom is -0.505 e. The number of rotatable bonds is 7. The number of fused-ring (bicyclic) bond motifs is 1. The molecule has 0 aromatic heterocycles. The zero-order chi connectivity index (χ0) is 23.5. The Balaban J connectivity index is 0.00000324. The molecule has 0 spiro atoms. The average molecular weight is 488 g/mol. The smallest absolute Gasteiger partial charge is 0.313 e. The number of esters is 1. The molecule has 5 nitrogen and oxygen atoms in total. The van der Waals surface area contributed by atoms with Gasteiger partial charge in [0.2, 0.25) is 0 Å². The summed E-state index contributed by atoms with van der Waals surface area (Å²) in [5.41, 5.74) is 2.02. The summed E-state index contributed by atoms with van der Waals surface area (Å²) in [6.07, 6.45) is 4.39. The lowest BCUT2D eigenvalue weighted by Crippen LogP contribution is -2.34. The molecule has 1 saturated carbocycles. The van der Waals surface area contributed by atoms with Crippen LogP contribution in [-0.2, 0) is 16.1 Å². The highest BCUT2D eigenvalue weighted by atomic mass is 32.1. The first kappa shape index (κ1) is 26.1. The molecule has 2 unspecified atom stereocenters. The summed E-state index contributed by atoms with van der Waals surface area (Å²) in [5.74, 6) is -1.03. The van der Waals surface area contributed by atoms with Crippen molar-refractivity contribution in [1.29, 1.82) is 0 Å². The molecule has 2 aromatic carbocycles. The molecule has 2 atom stereocenters. The van der Waals surface area contributed by atoms with Gasteiger partial charge in [-0.2, -0.15) is 13.5 Å². The van der Waals surface area contributed by atoms with Crippen LogP contribution in [0.2, 0.25) is 0 Å². The van der Waals surface area contributed by atoms with Crippen LogP contribution in [0, 0.1) is 17.7 Å². The molecule has 0 bridgehead atoms. The molecule has 184 valence electrons. The van der Waals surface area contributed by atoms with Gasteiger partial charge in [0.25, 0.3) is 5.91 Å². The number of nitrogens with zero attached hydrogens (tertiary/aromatic N) is 1. The fourth-order valence-corrected chi connectivity index (χ4v) is 5.27. The Kier molecular flexibility index (Phi) is 8.63. The van der Waals surface area contributed by atoms with E-state index in [9.17, 15) is 19.1 Å². The number of aromatic hydroxyl groups is 1. The van der Waals surface area contributed by atoms with E-state index in [0.717, 1.165) is 31.2 Å². The first-order valence-corrected chi connectivity index (χ1v) is 11.9. The zero-order valence-corrected chi connectivity index (χ0v) is 20.8. The van der Waals surface area contributed by atoms with Crippen LogP contribution in [0.5, 0.6) is 5.75 Å². The van der Waals surface area contributed by atoms with Gasteiger partial charge in [-0.05, 0) is 74.1 Å². The van der Waals surface area contributed by atoms with Crippen molar-refractivity contribution in [3.63, 3.8) is 0 Å². The highest BCUT2D eigenvalue weighted by Gasteiger charge is 2.34. The maximum Gasteiger partial charge on any atom is 0.313 e. The second kappa shape index (κ2) is 11.3. The van der Waals surface area contributed by atoms with Crippen molar-refractivity contribution in [1.82, 2.24) is 4.90 Å². The first-order chi connectivity index (χ1) is 15.9. The summed E-state index contributed by atoms with van der Waals surface area (Å²) in [6.45, 7) is 5.00. The summed E-state index contributed by atoms with van der Waals surface area (Å²) in [5, 5.41) is 9.59. The fourth-order valence-electron chi connectivity index (χ4n) is 5.27. The lowest BCUT2D eigenvalue weighted by molar-refractivity contribution is -0.153. The third-order valence-electron chi connectivity index (χ3n) is 7.28. The van der Waals surface area contributed by atoms with E-state index in [1.54, 1.807) is 4.90 Å². The monoisotopic (exact) mass is 487 g/mol. The summed E-state index contributed by atoms with van der Waals surface area (Å²) in [4.78, 5) is 27.2. The minimum absolute atomic E-state index is 0. The summed E-state index contributed by atoms with van der Waals surface area (Å²) >= 11 is 0. The van der Waals surface area contributed by atoms with Crippen molar-refractivity contribution in [2.75, 3.05) is 6.54 Å². The van der Waals surface area contributed by atoms with Gasteiger partial charge in [-0.1, -0.05) is 37.3 Å². The number of amides is 1. The second-order valence-electron chi connectivity index (χ2n) is 9.44. The average Bonchev–Trinajstić information content (AvgIpc) is 3.10. The van der Waals surface area contributed by atoms with Crippen LogP contribution in [0.15, 0.2) is 42.5 Å². The van der Waals surface area contributed by atoms with Crippen molar-refractivity contribution in [2.45, 2.75) is 64.5 Å². The molecule has 0 radical (unpaired) electrons. The summed E-state index contributed by atoms with van der Waals surface area (Å²) in [7, 11) is 0. The van der Waals surface area contributed by atoms with Crippen LogP contribution in [0.4, 0.5) is 4.39 Å². The van der Waals surface area contributed by atoms with E-state index >= 15 is 0 Å². The number of carbonyl (C=O) groups is 2. The predicted molar refractivity (Wildman–Crippen MR) is 134 cm³/mol. The Hall–Kier alpha value is -2.54. The molecule has 2 aliphatic rings. The quantitative estimate of drug-likeness (QED) is 0.522. The summed E-state index contributed by atoms with van der Waals surface area (Å²) < 4.78 is 19.5.